The number of nitrogens with one attached hydrogen (secondary N) is 2. The Labute approximate surface area is 131 Å². The minimum atomic E-state index is -0.0141. The number of aryl methyl sites for hydroxylation is 2. The maximum Gasteiger partial charge on any atom is 0.228 e. The average Bonchev–Trinajstić information content (AvgIpc) is 2.72. The summed E-state index contributed by atoms with van der Waals surface area (Å²) in [5.74, 6) is -0.0141. The Kier molecular flexibility index (Phi) is 5.33. The van der Waals surface area contributed by atoms with Crippen LogP contribution in [0, 0.1) is 13.8 Å². The van der Waals surface area contributed by atoms with E-state index in [1.165, 1.54) is 0 Å². The van der Waals surface area contributed by atoms with Crippen LogP contribution in [0.5, 0.6) is 0 Å². The average molecular weight is 300 g/mol. The number of nitrogens with zero attached hydrogens (tertiary/aromatic N) is 2. The first kappa shape index (κ1) is 16.2. The van der Waals surface area contributed by atoms with E-state index in [0.29, 0.717) is 6.42 Å². The summed E-state index contributed by atoms with van der Waals surface area (Å²) in [6.07, 6.45) is 0.350. The van der Waals surface area contributed by atoms with Gasteiger partial charge in [-0.25, -0.2) is 0 Å². The molecule has 0 aliphatic heterocycles. The SMILES string of the molecule is CCNCc1cccc(NC(=O)Cc2c(C)nn(C)c2C)c1. The molecule has 5 heteroatoms. The summed E-state index contributed by atoms with van der Waals surface area (Å²) in [6, 6.07) is 7.93. The van der Waals surface area contributed by atoms with Gasteiger partial charge in [0.25, 0.3) is 0 Å². The van der Waals surface area contributed by atoms with Gasteiger partial charge in [0.15, 0.2) is 0 Å². The number of benzene rings is 1. The highest BCUT2D eigenvalue weighted by Gasteiger charge is 2.13. The zero-order valence-corrected chi connectivity index (χ0v) is 13.7. The molecule has 1 amide bonds. The fourth-order valence-electron chi connectivity index (χ4n) is 2.47. The lowest BCUT2D eigenvalue weighted by atomic mass is 10.1. The summed E-state index contributed by atoms with van der Waals surface area (Å²) in [6.45, 7) is 7.73. The van der Waals surface area contributed by atoms with Gasteiger partial charge in [-0.2, -0.15) is 5.10 Å². The standard InChI is InChI=1S/C17H24N4O/c1-5-18-11-14-7-6-8-15(9-14)19-17(22)10-16-12(2)20-21(4)13(16)3/h6-9,18H,5,10-11H2,1-4H3,(H,19,22). The number of anilines is 1. The molecule has 1 aromatic carbocycles. The third kappa shape index (κ3) is 3.95. The zero-order valence-electron chi connectivity index (χ0n) is 13.7. The van der Waals surface area contributed by atoms with E-state index in [-0.39, 0.29) is 5.91 Å². The molecule has 0 bridgehead atoms. The second kappa shape index (κ2) is 7.22. The van der Waals surface area contributed by atoms with E-state index < -0.39 is 0 Å². The largest absolute Gasteiger partial charge is 0.326 e. The Morgan fingerprint density at radius 3 is 2.73 bits per heavy atom. The number of hydrogen-bond acceptors (Lipinski definition) is 3. The smallest absolute Gasteiger partial charge is 0.228 e. The lowest BCUT2D eigenvalue weighted by molar-refractivity contribution is -0.115. The third-order valence-corrected chi connectivity index (χ3v) is 3.79. The van der Waals surface area contributed by atoms with Crippen LogP contribution < -0.4 is 10.6 Å². The van der Waals surface area contributed by atoms with Crippen LogP contribution >= 0.6 is 0 Å². The van der Waals surface area contributed by atoms with Gasteiger partial charge < -0.3 is 10.6 Å². The summed E-state index contributed by atoms with van der Waals surface area (Å²) in [4.78, 5) is 12.3. The summed E-state index contributed by atoms with van der Waals surface area (Å²) in [5, 5.41) is 10.6. The predicted molar refractivity (Wildman–Crippen MR) is 88.8 cm³/mol. The number of hydrogen-bond donors (Lipinski definition) is 2. The summed E-state index contributed by atoms with van der Waals surface area (Å²) in [5.41, 5.74) is 4.95. The molecule has 2 rings (SSSR count). The molecule has 0 aliphatic rings. The minimum absolute atomic E-state index is 0.0141. The molecule has 0 atom stereocenters. The van der Waals surface area contributed by atoms with Gasteiger partial charge in [0.1, 0.15) is 0 Å². The maximum atomic E-state index is 12.3. The number of amides is 1. The molecule has 1 heterocycles. The Balaban J connectivity index is 2.03. The molecule has 0 radical (unpaired) electrons. The van der Waals surface area contributed by atoms with Crippen LogP contribution in [-0.2, 0) is 24.8 Å². The normalized spacial score (nSPS) is 10.7. The molecule has 118 valence electrons. The molecule has 0 saturated carbocycles. The number of carbonyl (C=O) groups excluding carboxylic acids is 1. The van der Waals surface area contributed by atoms with Gasteiger partial charge in [0, 0.05) is 30.5 Å². The van der Waals surface area contributed by atoms with E-state index in [4.69, 9.17) is 0 Å². The highest BCUT2D eigenvalue weighted by molar-refractivity contribution is 5.92. The molecule has 2 N–H and O–H groups in total. The highest BCUT2D eigenvalue weighted by Crippen LogP contribution is 2.15. The number of aromatic nitrogens is 2. The molecule has 5 nitrogen and oxygen atoms in total. The Morgan fingerprint density at radius 1 is 1.32 bits per heavy atom. The van der Waals surface area contributed by atoms with Crippen molar-refractivity contribution in [2.75, 3.05) is 11.9 Å². The molecule has 0 aliphatic carbocycles. The second-order valence-electron chi connectivity index (χ2n) is 5.48. The number of rotatable bonds is 6. The van der Waals surface area contributed by atoms with Crippen molar-refractivity contribution in [1.82, 2.24) is 15.1 Å². The van der Waals surface area contributed by atoms with E-state index in [9.17, 15) is 4.79 Å². The number of carbonyl (C=O) groups is 1. The van der Waals surface area contributed by atoms with Crippen LogP contribution in [0.3, 0.4) is 0 Å². The molecular weight excluding hydrogens is 276 g/mol. The first-order valence-electron chi connectivity index (χ1n) is 7.59. The predicted octanol–water partition coefficient (Wildman–Crippen LogP) is 2.33. The van der Waals surface area contributed by atoms with Gasteiger partial charge in [-0.15, -0.1) is 0 Å². The first-order valence-corrected chi connectivity index (χ1v) is 7.59. The minimum Gasteiger partial charge on any atom is -0.326 e. The topological polar surface area (TPSA) is 58.9 Å². The molecule has 0 spiro atoms. The Bertz CT molecular complexity index is 661. The van der Waals surface area contributed by atoms with E-state index in [2.05, 4.69) is 22.7 Å². The van der Waals surface area contributed by atoms with Crippen molar-refractivity contribution in [3.05, 3.63) is 46.8 Å². The van der Waals surface area contributed by atoms with Crippen LogP contribution in [0.4, 0.5) is 5.69 Å². The van der Waals surface area contributed by atoms with Crippen LogP contribution in [0.25, 0.3) is 0 Å². The first-order chi connectivity index (χ1) is 10.5. The van der Waals surface area contributed by atoms with Crippen molar-refractivity contribution in [2.45, 2.75) is 33.7 Å². The quantitative estimate of drug-likeness (QED) is 0.861. The van der Waals surface area contributed by atoms with E-state index in [0.717, 1.165) is 41.3 Å². The van der Waals surface area contributed by atoms with E-state index in [1.807, 2.05) is 49.8 Å². The van der Waals surface area contributed by atoms with E-state index in [1.54, 1.807) is 0 Å². The van der Waals surface area contributed by atoms with Crippen molar-refractivity contribution < 1.29 is 4.79 Å². The van der Waals surface area contributed by atoms with Gasteiger partial charge in [0.2, 0.25) is 5.91 Å². The summed E-state index contributed by atoms with van der Waals surface area (Å²) >= 11 is 0. The van der Waals surface area contributed by atoms with Crippen LogP contribution in [0.2, 0.25) is 0 Å². The van der Waals surface area contributed by atoms with Crippen molar-refractivity contribution in [3.8, 4) is 0 Å². The highest BCUT2D eigenvalue weighted by atomic mass is 16.1. The molecule has 22 heavy (non-hydrogen) atoms. The van der Waals surface area contributed by atoms with Gasteiger partial charge >= 0.3 is 0 Å². The molecule has 2 aromatic rings. The lowest BCUT2D eigenvalue weighted by Gasteiger charge is -2.08. The van der Waals surface area contributed by atoms with Crippen LogP contribution in [-0.4, -0.2) is 22.2 Å². The van der Waals surface area contributed by atoms with Crippen molar-refractivity contribution in [3.63, 3.8) is 0 Å². The van der Waals surface area contributed by atoms with E-state index >= 15 is 0 Å². The van der Waals surface area contributed by atoms with Crippen LogP contribution in [0.1, 0.15) is 29.4 Å². The third-order valence-electron chi connectivity index (χ3n) is 3.79. The molecule has 0 unspecified atom stereocenters. The second-order valence-corrected chi connectivity index (χ2v) is 5.48. The van der Waals surface area contributed by atoms with Gasteiger partial charge in [0.05, 0.1) is 12.1 Å². The summed E-state index contributed by atoms with van der Waals surface area (Å²) < 4.78 is 1.81. The summed E-state index contributed by atoms with van der Waals surface area (Å²) in [7, 11) is 1.90. The molecule has 0 saturated heterocycles. The van der Waals surface area contributed by atoms with Crippen LogP contribution in [0.15, 0.2) is 24.3 Å². The van der Waals surface area contributed by atoms with Crippen molar-refractivity contribution in [2.24, 2.45) is 7.05 Å². The zero-order chi connectivity index (χ0) is 16.1. The fraction of sp³-hybridized carbons (Fsp3) is 0.412. The molecule has 0 fully saturated rings. The van der Waals surface area contributed by atoms with Gasteiger partial charge in [-0.1, -0.05) is 19.1 Å². The monoisotopic (exact) mass is 300 g/mol. The lowest BCUT2D eigenvalue weighted by Crippen LogP contribution is -2.16. The Hall–Kier alpha value is -2.14. The molecular formula is C17H24N4O. The van der Waals surface area contributed by atoms with Gasteiger partial charge in [-0.05, 0) is 38.1 Å². The van der Waals surface area contributed by atoms with Crippen molar-refractivity contribution >= 4 is 11.6 Å². The maximum absolute atomic E-state index is 12.3. The fourth-order valence-corrected chi connectivity index (χ4v) is 2.47. The molecule has 1 aromatic heterocycles. The Morgan fingerprint density at radius 2 is 2.09 bits per heavy atom. The van der Waals surface area contributed by atoms with Crippen molar-refractivity contribution in [1.29, 1.82) is 0 Å². The van der Waals surface area contributed by atoms with Gasteiger partial charge in [-0.3, -0.25) is 9.48 Å².